The van der Waals surface area contributed by atoms with Crippen LogP contribution in [0.5, 0.6) is 5.75 Å². The van der Waals surface area contributed by atoms with E-state index in [0.29, 0.717) is 0 Å². The van der Waals surface area contributed by atoms with Crippen molar-refractivity contribution < 1.29 is 5.11 Å². The molecule has 0 aliphatic heterocycles. The van der Waals surface area contributed by atoms with Gasteiger partial charge in [0.25, 0.3) is 0 Å². The highest BCUT2D eigenvalue weighted by molar-refractivity contribution is 9.10. The van der Waals surface area contributed by atoms with Gasteiger partial charge in [-0.25, -0.2) is 0 Å². The van der Waals surface area contributed by atoms with E-state index in [2.05, 4.69) is 22.5 Å². The van der Waals surface area contributed by atoms with Crippen LogP contribution in [0.15, 0.2) is 35.3 Å². The predicted molar refractivity (Wildman–Crippen MR) is 49.7 cm³/mol. The average molecular weight is 213 g/mol. The molecule has 0 radical (unpaired) electrons. The molecule has 0 atom stereocenters. The molecule has 0 aliphatic carbocycles. The normalized spacial score (nSPS) is 9.55. The highest BCUT2D eigenvalue weighted by atomic mass is 79.9. The van der Waals surface area contributed by atoms with Gasteiger partial charge >= 0.3 is 0 Å². The first-order valence-corrected chi connectivity index (χ1v) is 4.11. The highest BCUT2D eigenvalue weighted by Gasteiger charge is 1.96. The molecule has 58 valence electrons. The van der Waals surface area contributed by atoms with Crippen LogP contribution in [-0.4, -0.2) is 5.11 Å². The summed E-state index contributed by atoms with van der Waals surface area (Å²) in [6, 6.07) is 5.43. The van der Waals surface area contributed by atoms with Crippen LogP contribution in [-0.2, 0) is 6.42 Å². The predicted octanol–water partition coefficient (Wildman–Crippen LogP) is 2.88. The van der Waals surface area contributed by atoms with Crippen molar-refractivity contribution in [1.29, 1.82) is 0 Å². The molecule has 1 rings (SSSR count). The molecule has 0 fully saturated rings. The number of allylic oxidation sites excluding steroid dienone is 1. The molecule has 0 spiro atoms. The number of benzene rings is 1. The lowest BCUT2D eigenvalue weighted by Crippen LogP contribution is -1.79. The highest BCUT2D eigenvalue weighted by Crippen LogP contribution is 2.24. The van der Waals surface area contributed by atoms with Crippen molar-refractivity contribution in [2.24, 2.45) is 0 Å². The first-order chi connectivity index (χ1) is 5.24. The molecular weight excluding hydrogens is 204 g/mol. The van der Waals surface area contributed by atoms with Gasteiger partial charge in [0.05, 0.1) is 4.47 Å². The Morgan fingerprint density at radius 3 is 2.82 bits per heavy atom. The zero-order chi connectivity index (χ0) is 8.27. The van der Waals surface area contributed by atoms with E-state index >= 15 is 0 Å². The van der Waals surface area contributed by atoms with E-state index < -0.39 is 0 Å². The maximum Gasteiger partial charge on any atom is 0.129 e. The number of rotatable bonds is 2. The standard InChI is InChI=1S/C9H9BrO/c1-2-3-7-4-5-9(11)8(10)6-7/h2,4-6,11H,1,3H2. The Hall–Kier alpha value is -0.760. The van der Waals surface area contributed by atoms with Gasteiger partial charge in [-0.3, -0.25) is 0 Å². The first kappa shape index (κ1) is 8.34. The Bertz CT molecular complexity index is 268. The third-order valence-electron chi connectivity index (χ3n) is 1.39. The molecule has 0 amide bonds. The average Bonchev–Trinajstić information content (AvgIpc) is 1.98. The molecule has 0 unspecified atom stereocenters. The van der Waals surface area contributed by atoms with E-state index in [1.165, 1.54) is 0 Å². The lowest BCUT2D eigenvalue weighted by molar-refractivity contribution is 0.471. The lowest BCUT2D eigenvalue weighted by atomic mass is 10.1. The number of aromatic hydroxyl groups is 1. The quantitative estimate of drug-likeness (QED) is 0.749. The summed E-state index contributed by atoms with van der Waals surface area (Å²) in [6.45, 7) is 3.63. The third-order valence-corrected chi connectivity index (χ3v) is 2.03. The van der Waals surface area contributed by atoms with Crippen molar-refractivity contribution in [3.05, 3.63) is 40.9 Å². The molecule has 11 heavy (non-hydrogen) atoms. The van der Waals surface area contributed by atoms with Crippen molar-refractivity contribution in [3.63, 3.8) is 0 Å². The van der Waals surface area contributed by atoms with Gasteiger partial charge in [0.1, 0.15) is 5.75 Å². The zero-order valence-corrected chi connectivity index (χ0v) is 7.63. The summed E-state index contributed by atoms with van der Waals surface area (Å²) in [5, 5.41) is 9.14. The van der Waals surface area contributed by atoms with E-state index in [-0.39, 0.29) is 5.75 Å². The molecule has 0 saturated carbocycles. The first-order valence-electron chi connectivity index (χ1n) is 3.32. The van der Waals surface area contributed by atoms with Crippen molar-refractivity contribution in [3.8, 4) is 5.75 Å². The molecule has 1 aromatic rings. The van der Waals surface area contributed by atoms with Gasteiger partial charge in [-0.2, -0.15) is 0 Å². The van der Waals surface area contributed by atoms with Crippen LogP contribution in [0.1, 0.15) is 5.56 Å². The summed E-state index contributed by atoms with van der Waals surface area (Å²) in [5.41, 5.74) is 1.14. The van der Waals surface area contributed by atoms with Gasteiger partial charge in [-0.1, -0.05) is 12.1 Å². The van der Waals surface area contributed by atoms with Gasteiger partial charge < -0.3 is 5.11 Å². The second-order valence-corrected chi connectivity index (χ2v) is 3.13. The summed E-state index contributed by atoms with van der Waals surface area (Å²) in [7, 11) is 0. The minimum Gasteiger partial charge on any atom is -0.507 e. The molecule has 0 heterocycles. The Morgan fingerprint density at radius 2 is 2.27 bits per heavy atom. The van der Waals surface area contributed by atoms with Gasteiger partial charge in [-0.15, -0.1) is 6.58 Å². The number of hydrogen-bond acceptors (Lipinski definition) is 1. The third kappa shape index (κ3) is 2.09. The summed E-state index contributed by atoms with van der Waals surface area (Å²) in [6.07, 6.45) is 2.66. The molecule has 1 N–H and O–H groups in total. The number of halogens is 1. The van der Waals surface area contributed by atoms with Crippen molar-refractivity contribution in [2.75, 3.05) is 0 Å². The molecule has 0 aromatic heterocycles. The summed E-state index contributed by atoms with van der Waals surface area (Å²) in [5.74, 6) is 0.276. The van der Waals surface area contributed by atoms with Crippen LogP contribution in [0.25, 0.3) is 0 Å². The Balaban J connectivity index is 2.95. The number of phenolic OH excluding ortho intramolecular Hbond substituents is 1. The Kier molecular flexibility index (Phi) is 2.71. The fourth-order valence-corrected chi connectivity index (χ4v) is 1.27. The van der Waals surface area contributed by atoms with E-state index in [1.54, 1.807) is 6.07 Å². The maximum absolute atomic E-state index is 9.14. The number of phenols is 1. The second kappa shape index (κ2) is 3.58. The topological polar surface area (TPSA) is 20.2 Å². The summed E-state index contributed by atoms with van der Waals surface area (Å²) in [4.78, 5) is 0. The largest absolute Gasteiger partial charge is 0.507 e. The van der Waals surface area contributed by atoms with Crippen LogP contribution >= 0.6 is 15.9 Å². The van der Waals surface area contributed by atoms with Gasteiger partial charge in [0.2, 0.25) is 0 Å². The van der Waals surface area contributed by atoms with Crippen LogP contribution < -0.4 is 0 Å². The minimum absolute atomic E-state index is 0.276. The lowest BCUT2D eigenvalue weighted by Gasteiger charge is -1.99. The monoisotopic (exact) mass is 212 g/mol. The van der Waals surface area contributed by atoms with Crippen molar-refractivity contribution in [2.45, 2.75) is 6.42 Å². The van der Waals surface area contributed by atoms with Crippen LogP contribution in [0.2, 0.25) is 0 Å². The van der Waals surface area contributed by atoms with Crippen LogP contribution in [0, 0.1) is 0 Å². The van der Waals surface area contributed by atoms with E-state index in [9.17, 15) is 0 Å². The Labute approximate surface area is 74.5 Å². The molecule has 0 bridgehead atoms. The zero-order valence-electron chi connectivity index (χ0n) is 6.05. The van der Waals surface area contributed by atoms with Crippen LogP contribution in [0.4, 0.5) is 0 Å². The van der Waals surface area contributed by atoms with E-state index in [1.807, 2.05) is 18.2 Å². The van der Waals surface area contributed by atoms with E-state index in [0.717, 1.165) is 16.5 Å². The fourth-order valence-electron chi connectivity index (χ4n) is 0.844. The second-order valence-electron chi connectivity index (χ2n) is 2.28. The molecule has 1 aromatic carbocycles. The van der Waals surface area contributed by atoms with Gasteiger partial charge in [-0.05, 0) is 40.0 Å². The van der Waals surface area contributed by atoms with Crippen molar-refractivity contribution in [1.82, 2.24) is 0 Å². The molecule has 0 saturated heterocycles. The SMILES string of the molecule is C=CCc1ccc(O)c(Br)c1. The molecule has 0 aliphatic rings. The van der Waals surface area contributed by atoms with Gasteiger partial charge in [0, 0.05) is 0 Å². The van der Waals surface area contributed by atoms with E-state index in [4.69, 9.17) is 5.11 Å². The smallest absolute Gasteiger partial charge is 0.129 e. The maximum atomic E-state index is 9.14. The summed E-state index contributed by atoms with van der Waals surface area (Å²) >= 11 is 3.23. The molecular formula is C9H9BrO. The Morgan fingerprint density at radius 1 is 1.55 bits per heavy atom. The van der Waals surface area contributed by atoms with Crippen LogP contribution in [0.3, 0.4) is 0 Å². The van der Waals surface area contributed by atoms with Crippen molar-refractivity contribution >= 4 is 15.9 Å². The fraction of sp³-hybridized carbons (Fsp3) is 0.111. The minimum atomic E-state index is 0.276. The van der Waals surface area contributed by atoms with Gasteiger partial charge in [0.15, 0.2) is 0 Å². The number of hydrogen-bond donors (Lipinski definition) is 1. The summed E-state index contributed by atoms with van der Waals surface area (Å²) < 4.78 is 0.733. The molecule has 1 nitrogen and oxygen atoms in total. The molecule has 2 heteroatoms.